The van der Waals surface area contributed by atoms with Crippen molar-refractivity contribution in [2.24, 2.45) is 0 Å². The third-order valence-electron chi connectivity index (χ3n) is 1.83. The van der Waals surface area contributed by atoms with Gasteiger partial charge in [0.1, 0.15) is 0 Å². The molecule has 0 aliphatic heterocycles. The van der Waals surface area contributed by atoms with Crippen LogP contribution in [0, 0.1) is 0 Å². The van der Waals surface area contributed by atoms with Gasteiger partial charge in [0.25, 0.3) is 0 Å². The minimum atomic E-state index is 0.274. The first-order chi connectivity index (χ1) is 5.41. The molecular weight excluding hydrogens is 175 g/mol. The molecule has 0 rings (SSSR count). The highest BCUT2D eigenvalue weighted by atomic mass is 35.5. The third kappa shape index (κ3) is 10.8. The first-order valence-corrected chi connectivity index (χ1v) is 6.96. The highest BCUT2D eigenvalue weighted by molar-refractivity contribution is 6.35. The van der Waals surface area contributed by atoms with Crippen LogP contribution >= 0.6 is 11.9 Å². The number of hydrogen-bond donors (Lipinski definition) is 0. The van der Waals surface area contributed by atoms with E-state index in [0.29, 0.717) is 0 Å². The van der Waals surface area contributed by atoms with Gasteiger partial charge in [0.05, 0.1) is 18.5 Å². The van der Waals surface area contributed by atoms with Crippen molar-refractivity contribution in [3.05, 3.63) is 0 Å². The van der Waals surface area contributed by atoms with Crippen LogP contribution in [0.15, 0.2) is 0 Å². The summed E-state index contributed by atoms with van der Waals surface area (Å²) in [5, 5.41) is 3.00. The molecule has 0 radical (unpaired) electrons. The molecule has 0 aliphatic carbocycles. The second-order valence-electron chi connectivity index (χ2n) is 2.93. The Kier molecular flexibility index (Phi) is 11.5. The predicted octanol–water partition coefficient (Wildman–Crippen LogP) is 3.01. The van der Waals surface area contributed by atoms with Crippen molar-refractivity contribution in [1.29, 1.82) is 0 Å². The summed E-state index contributed by atoms with van der Waals surface area (Å²) in [7, 11) is 0. The van der Waals surface area contributed by atoms with Gasteiger partial charge in [-0.25, -0.2) is 0 Å². The number of hydrogen-bond acceptors (Lipinski definition) is 1. The average Bonchev–Trinajstić information content (AvgIpc) is 2.03. The van der Waals surface area contributed by atoms with Gasteiger partial charge >= 0.3 is 0 Å². The Morgan fingerprint density at radius 2 is 1.91 bits per heavy atom. The fourth-order valence-corrected chi connectivity index (χ4v) is 3.14. The van der Waals surface area contributed by atoms with Crippen LogP contribution in [0.4, 0.5) is 0 Å². The van der Waals surface area contributed by atoms with Crippen LogP contribution in [0.2, 0.25) is 10.6 Å². The van der Waals surface area contributed by atoms with Crippen molar-refractivity contribution in [3.63, 3.8) is 0 Å². The Balaban J connectivity index is 2.69. The van der Waals surface area contributed by atoms with Gasteiger partial charge in [0, 0.05) is 0 Å². The van der Waals surface area contributed by atoms with E-state index in [1.54, 1.807) is 0 Å². The maximum atomic E-state index is 5.08. The normalized spacial score (nSPS) is 10.0. The van der Waals surface area contributed by atoms with Crippen molar-refractivity contribution >= 4 is 27.1 Å². The Labute approximate surface area is 81.3 Å². The molecule has 0 aliphatic rings. The Hall–Kier alpha value is 0.782. The summed E-state index contributed by atoms with van der Waals surface area (Å²) < 4.78 is 4.46. The molecule has 0 bridgehead atoms. The Bertz CT molecular complexity index is 63.1. The van der Waals surface area contributed by atoms with Crippen molar-refractivity contribution < 1.29 is 4.29 Å². The van der Waals surface area contributed by atoms with E-state index in [-0.39, 0.29) is 15.2 Å². The highest BCUT2D eigenvalue weighted by Crippen LogP contribution is 2.01. The summed E-state index contributed by atoms with van der Waals surface area (Å²) in [6.45, 7) is 2.99. The molecule has 0 atom stereocenters. The number of rotatable bonds is 8. The average molecular weight is 193 g/mol. The van der Waals surface area contributed by atoms with Crippen LogP contribution < -0.4 is 0 Å². The summed E-state index contributed by atoms with van der Waals surface area (Å²) >= 11 is 5.35. The molecule has 0 unspecified atom stereocenters. The largest absolute Gasteiger partial charge is 0.279 e. The van der Waals surface area contributed by atoms with Crippen molar-refractivity contribution in [2.45, 2.75) is 43.2 Å². The lowest BCUT2D eigenvalue weighted by Gasteiger charge is -1.96. The van der Waals surface area contributed by atoms with E-state index in [4.69, 9.17) is 11.9 Å². The molecule has 3 heteroatoms. The molecule has 11 heavy (non-hydrogen) atoms. The smallest absolute Gasteiger partial charge is 0.236 e. The first-order valence-electron chi connectivity index (χ1n) is 4.65. The van der Waals surface area contributed by atoms with E-state index in [1.165, 1.54) is 29.8 Å². The maximum Gasteiger partial charge on any atom is 0.236 e. The first kappa shape index (κ1) is 11.8. The molecule has 0 aromatic rings. The van der Waals surface area contributed by atoms with Crippen molar-refractivity contribution in [2.75, 3.05) is 6.61 Å². The van der Waals surface area contributed by atoms with Gasteiger partial charge in [-0.3, -0.25) is 4.29 Å². The monoisotopic (exact) mass is 192 g/mol. The van der Waals surface area contributed by atoms with Gasteiger partial charge in [-0.2, -0.15) is 0 Å². The van der Waals surface area contributed by atoms with Crippen LogP contribution in [0.25, 0.3) is 0 Å². The van der Waals surface area contributed by atoms with Crippen molar-refractivity contribution in [3.8, 4) is 0 Å². The molecule has 0 amide bonds. The fourth-order valence-electron chi connectivity index (χ4n) is 1.11. The van der Waals surface area contributed by atoms with Crippen molar-refractivity contribution in [1.82, 2.24) is 0 Å². The van der Waals surface area contributed by atoms with Crippen LogP contribution in [0.5, 0.6) is 0 Å². The predicted molar refractivity (Wildman–Crippen MR) is 52.7 cm³/mol. The summed E-state index contributed by atoms with van der Waals surface area (Å²) in [6.07, 6.45) is 5.27. The molecule has 0 heterocycles. The van der Waals surface area contributed by atoms with E-state index < -0.39 is 0 Å². The molecule has 0 aromatic carbocycles. The van der Waals surface area contributed by atoms with Gasteiger partial charge in [-0.15, -0.1) is 0 Å². The molecule has 1 nitrogen and oxygen atoms in total. The lowest BCUT2D eigenvalue weighted by Crippen LogP contribution is -1.91. The Morgan fingerprint density at radius 1 is 1.18 bits per heavy atom. The molecule has 0 aromatic heterocycles. The van der Waals surface area contributed by atoms with Gasteiger partial charge < -0.3 is 0 Å². The van der Waals surface area contributed by atoms with Crippen LogP contribution in [-0.4, -0.2) is 21.8 Å². The lowest BCUT2D eigenvalue weighted by molar-refractivity contribution is 0.341. The number of halogens is 1. The standard InChI is InChI=1S/C4H8ClO.C4H9.Al.H/c1-2-3-4-6-5;1-3-4-2;;/h1-4H2;1,3-4H2,2H3;;. The SMILES string of the molecule is CCC[CH2][AlH][CH2]CCCOCl. The van der Waals surface area contributed by atoms with Crippen LogP contribution in [0.3, 0.4) is 0 Å². The van der Waals surface area contributed by atoms with E-state index >= 15 is 0 Å². The molecule has 66 valence electrons. The molecule has 0 saturated heterocycles. The van der Waals surface area contributed by atoms with Crippen LogP contribution in [-0.2, 0) is 4.29 Å². The molecule has 0 fully saturated rings. The zero-order valence-electron chi connectivity index (χ0n) is 7.44. The molecule has 0 spiro atoms. The third-order valence-corrected chi connectivity index (χ3v) is 3.98. The maximum absolute atomic E-state index is 5.08. The summed E-state index contributed by atoms with van der Waals surface area (Å²) in [4.78, 5) is 0. The van der Waals surface area contributed by atoms with E-state index in [9.17, 15) is 0 Å². The Morgan fingerprint density at radius 3 is 2.55 bits per heavy atom. The van der Waals surface area contributed by atoms with E-state index in [0.717, 1.165) is 13.0 Å². The lowest BCUT2D eigenvalue weighted by atomic mass is 10.4. The van der Waals surface area contributed by atoms with Gasteiger partial charge in [-0.1, -0.05) is 36.8 Å². The second-order valence-corrected chi connectivity index (χ2v) is 5.27. The van der Waals surface area contributed by atoms with Gasteiger partial charge in [0.2, 0.25) is 15.2 Å². The van der Waals surface area contributed by atoms with Crippen LogP contribution in [0.1, 0.15) is 32.6 Å². The van der Waals surface area contributed by atoms with E-state index in [1.807, 2.05) is 0 Å². The van der Waals surface area contributed by atoms with Gasteiger partial charge in [0.15, 0.2) is 0 Å². The quantitative estimate of drug-likeness (QED) is 0.424. The number of unbranched alkanes of at least 4 members (excludes halogenated alkanes) is 2. The summed E-state index contributed by atoms with van der Waals surface area (Å²) in [6, 6.07) is 0. The molecular formula is C8H18AlClO. The van der Waals surface area contributed by atoms with Gasteiger partial charge in [-0.05, 0) is 6.42 Å². The topological polar surface area (TPSA) is 9.23 Å². The summed E-state index contributed by atoms with van der Waals surface area (Å²) in [5.41, 5.74) is 0. The van der Waals surface area contributed by atoms with E-state index in [2.05, 4.69) is 11.2 Å². The highest BCUT2D eigenvalue weighted by Gasteiger charge is 1.93. The zero-order chi connectivity index (χ0) is 8.36. The fraction of sp³-hybridized carbons (Fsp3) is 1.00. The second kappa shape index (κ2) is 10.8. The minimum absolute atomic E-state index is 0.274. The summed E-state index contributed by atoms with van der Waals surface area (Å²) in [5.74, 6) is 0. The molecule has 0 N–H and O–H groups in total. The molecule has 0 saturated carbocycles. The zero-order valence-corrected chi connectivity index (χ0v) is 9.61. The minimum Gasteiger partial charge on any atom is -0.279 e.